The van der Waals surface area contributed by atoms with Crippen molar-refractivity contribution in [1.82, 2.24) is 0 Å². The number of furan rings is 1. The van der Waals surface area contributed by atoms with Gasteiger partial charge in [0.2, 0.25) is 0 Å². The zero-order valence-corrected chi connectivity index (χ0v) is 12.8. The largest absolute Gasteiger partial charge is 0.489 e. The highest BCUT2D eigenvalue weighted by molar-refractivity contribution is 5.79. The van der Waals surface area contributed by atoms with Crippen LogP contribution in [0.15, 0.2) is 86.6 Å². The van der Waals surface area contributed by atoms with Crippen molar-refractivity contribution in [3.63, 3.8) is 0 Å². The van der Waals surface area contributed by atoms with Crippen molar-refractivity contribution in [3.05, 3.63) is 88.8 Å². The fourth-order valence-electron chi connectivity index (χ4n) is 2.51. The van der Waals surface area contributed by atoms with Crippen molar-refractivity contribution >= 4 is 11.0 Å². The lowest BCUT2D eigenvalue weighted by Crippen LogP contribution is -2.01. The van der Waals surface area contributed by atoms with Gasteiger partial charge >= 0.3 is 0 Å². The third-order valence-electron chi connectivity index (χ3n) is 3.71. The second-order valence-corrected chi connectivity index (χ2v) is 5.38. The first-order chi connectivity index (χ1) is 11.8. The minimum atomic E-state index is -0.132. The molecule has 0 atom stereocenters. The molecule has 2 aromatic heterocycles. The Kier molecular flexibility index (Phi) is 3.63. The number of hydrogen-bond acceptors (Lipinski definition) is 4. The molecular formula is C20H14O4. The molecule has 0 amide bonds. The minimum absolute atomic E-state index is 0.132. The van der Waals surface area contributed by atoms with Crippen LogP contribution in [-0.2, 0) is 6.61 Å². The molecule has 4 nitrogen and oxygen atoms in total. The quantitative estimate of drug-likeness (QED) is 0.550. The van der Waals surface area contributed by atoms with E-state index < -0.39 is 0 Å². The summed E-state index contributed by atoms with van der Waals surface area (Å²) in [5.41, 5.74) is 1.44. The van der Waals surface area contributed by atoms with E-state index in [1.165, 1.54) is 6.07 Å². The van der Waals surface area contributed by atoms with Gasteiger partial charge in [-0.05, 0) is 35.9 Å². The molecule has 24 heavy (non-hydrogen) atoms. The maximum absolute atomic E-state index is 12.4. The summed E-state index contributed by atoms with van der Waals surface area (Å²) in [5.74, 6) is 1.57. The van der Waals surface area contributed by atoms with Crippen LogP contribution < -0.4 is 10.2 Å². The van der Waals surface area contributed by atoms with E-state index >= 15 is 0 Å². The van der Waals surface area contributed by atoms with E-state index in [1.54, 1.807) is 36.6 Å². The zero-order chi connectivity index (χ0) is 16.4. The molecule has 2 aromatic carbocycles. The van der Waals surface area contributed by atoms with Gasteiger partial charge in [-0.2, -0.15) is 0 Å². The Morgan fingerprint density at radius 2 is 1.75 bits per heavy atom. The summed E-state index contributed by atoms with van der Waals surface area (Å²) in [7, 11) is 0. The topological polar surface area (TPSA) is 52.6 Å². The fourth-order valence-corrected chi connectivity index (χ4v) is 2.51. The first kappa shape index (κ1) is 14.3. The number of hydrogen-bond donors (Lipinski definition) is 0. The van der Waals surface area contributed by atoms with E-state index in [4.69, 9.17) is 13.6 Å². The summed E-state index contributed by atoms with van der Waals surface area (Å²) in [6.07, 6.45) is 1.54. The molecule has 0 aliphatic rings. The van der Waals surface area contributed by atoms with Crippen molar-refractivity contribution in [1.29, 1.82) is 0 Å². The molecule has 4 rings (SSSR count). The molecule has 0 saturated heterocycles. The smallest absolute Gasteiger partial charge is 0.193 e. The van der Waals surface area contributed by atoms with Crippen LogP contribution in [-0.4, -0.2) is 0 Å². The van der Waals surface area contributed by atoms with Crippen molar-refractivity contribution < 1.29 is 13.6 Å². The number of ether oxygens (including phenoxy) is 1. The van der Waals surface area contributed by atoms with Crippen LogP contribution in [0.1, 0.15) is 5.56 Å². The summed E-state index contributed by atoms with van der Waals surface area (Å²) >= 11 is 0. The van der Waals surface area contributed by atoms with E-state index in [9.17, 15) is 4.79 Å². The zero-order valence-electron chi connectivity index (χ0n) is 12.8. The molecule has 0 unspecified atom stereocenters. The van der Waals surface area contributed by atoms with Gasteiger partial charge in [-0.25, -0.2) is 0 Å². The van der Waals surface area contributed by atoms with E-state index in [2.05, 4.69) is 0 Å². The highest BCUT2D eigenvalue weighted by atomic mass is 16.5. The summed E-state index contributed by atoms with van der Waals surface area (Å²) in [6, 6.07) is 20.0. The van der Waals surface area contributed by atoms with Crippen molar-refractivity contribution in [2.24, 2.45) is 0 Å². The van der Waals surface area contributed by atoms with Crippen LogP contribution >= 0.6 is 0 Å². The van der Waals surface area contributed by atoms with Crippen molar-refractivity contribution in [2.75, 3.05) is 0 Å². The summed E-state index contributed by atoms with van der Waals surface area (Å²) in [6.45, 7) is 0.447. The first-order valence-electron chi connectivity index (χ1n) is 7.58. The van der Waals surface area contributed by atoms with Gasteiger partial charge in [-0.15, -0.1) is 0 Å². The van der Waals surface area contributed by atoms with Gasteiger partial charge in [0.05, 0.1) is 11.6 Å². The van der Waals surface area contributed by atoms with Gasteiger partial charge in [0.25, 0.3) is 0 Å². The summed E-state index contributed by atoms with van der Waals surface area (Å²) in [4.78, 5) is 12.4. The molecule has 0 radical (unpaired) electrons. The highest BCUT2D eigenvalue weighted by Crippen LogP contribution is 2.25. The van der Waals surface area contributed by atoms with Crippen LogP contribution in [0, 0.1) is 0 Å². The Morgan fingerprint density at radius 3 is 2.54 bits per heavy atom. The lowest BCUT2D eigenvalue weighted by Gasteiger charge is -2.07. The Labute approximate surface area is 137 Å². The predicted octanol–water partition coefficient (Wildman–Crippen LogP) is 4.63. The second kappa shape index (κ2) is 6.08. The van der Waals surface area contributed by atoms with Gasteiger partial charge in [-0.3, -0.25) is 4.79 Å². The first-order valence-corrected chi connectivity index (χ1v) is 7.58. The molecular weight excluding hydrogens is 304 g/mol. The van der Waals surface area contributed by atoms with Gasteiger partial charge in [-0.1, -0.05) is 30.3 Å². The second-order valence-electron chi connectivity index (χ2n) is 5.38. The van der Waals surface area contributed by atoms with Crippen molar-refractivity contribution in [3.8, 4) is 17.3 Å². The third-order valence-corrected chi connectivity index (χ3v) is 3.71. The summed E-state index contributed by atoms with van der Waals surface area (Å²) < 4.78 is 16.8. The van der Waals surface area contributed by atoms with Crippen molar-refractivity contribution in [2.45, 2.75) is 6.61 Å². The molecule has 0 bridgehead atoms. The van der Waals surface area contributed by atoms with E-state index in [0.717, 1.165) is 5.56 Å². The lowest BCUT2D eigenvalue weighted by atomic mass is 10.2. The molecule has 2 heterocycles. The molecule has 118 valence electrons. The van der Waals surface area contributed by atoms with Crippen LogP contribution in [0.25, 0.3) is 22.5 Å². The molecule has 4 heteroatoms. The number of rotatable bonds is 4. The Hall–Kier alpha value is -3.27. The van der Waals surface area contributed by atoms with Gasteiger partial charge in [0.15, 0.2) is 16.9 Å². The molecule has 0 aliphatic carbocycles. The third kappa shape index (κ3) is 2.82. The SMILES string of the molecule is O=c1cc(-c2ccco2)oc2ccc(OCc3ccccc3)cc12. The standard InChI is InChI=1S/C20H14O4/c21-17-12-20(19-7-4-10-22-19)24-18-9-8-15(11-16(17)18)23-13-14-5-2-1-3-6-14/h1-12H,13H2. The van der Waals surface area contributed by atoms with E-state index in [-0.39, 0.29) is 5.43 Å². The predicted molar refractivity (Wildman–Crippen MR) is 91.0 cm³/mol. The Balaban J connectivity index is 1.65. The normalized spacial score (nSPS) is 10.8. The van der Waals surface area contributed by atoms with E-state index in [1.807, 2.05) is 30.3 Å². The Morgan fingerprint density at radius 1 is 0.875 bits per heavy atom. The lowest BCUT2D eigenvalue weighted by molar-refractivity contribution is 0.306. The van der Waals surface area contributed by atoms with Gasteiger partial charge in [0, 0.05) is 6.07 Å². The molecule has 0 saturated carbocycles. The van der Waals surface area contributed by atoms with Gasteiger partial charge < -0.3 is 13.6 Å². The highest BCUT2D eigenvalue weighted by Gasteiger charge is 2.10. The maximum atomic E-state index is 12.4. The fraction of sp³-hybridized carbons (Fsp3) is 0.0500. The monoisotopic (exact) mass is 318 g/mol. The maximum Gasteiger partial charge on any atom is 0.193 e. The summed E-state index contributed by atoms with van der Waals surface area (Å²) in [5, 5.41) is 0.482. The molecule has 0 fully saturated rings. The molecule has 0 spiro atoms. The average Bonchev–Trinajstić information content (AvgIpc) is 3.16. The Bertz CT molecular complexity index is 1010. The number of fused-ring (bicyclic) bond motifs is 1. The van der Waals surface area contributed by atoms with Crippen LogP contribution in [0.5, 0.6) is 5.75 Å². The molecule has 0 N–H and O–H groups in total. The minimum Gasteiger partial charge on any atom is -0.489 e. The van der Waals surface area contributed by atoms with Crippen LogP contribution in [0.4, 0.5) is 0 Å². The van der Waals surface area contributed by atoms with E-state index in [0.29, 0.717) is 34.8 Å². The molecule has 0 aliphatic heterocycles. The van der Waals surface area contributed by atoms with Crippen LogP contribution in [0.2, 0.25) is 0 Å². The van der Waals surface area contributed by atoms with Crippen LogP contribution in [0.3, 0.4) is 0 Å². The van der Waals surface area contributed by atoms with Gasteiger partial charge in [0.1, 0.15) is 17.9 Å². The molecule has 4 aromatic rings. The number of benzene rings is 2. The average molecular weight is 318 g/mol.